The molecule has 0 bridgehead atoms. The molecule has 4 nitrogen and oxygen atoms in total. The Balaban J connectivity index is 1.92. The molecule has 18 heavy (non-hydrogen) atoms. The first-order chi connectivity index (χ1) is 8.66. The van der Waals surface area contributed by atoms with Gasteiger partial charge in [-0.05, 0) is 29.7 Å². The van der Waals surface area contributed by atoms with E-state index in [4.69, 9.17) is 21.1 Å². The minimum absolute atomic E-state index is 0.147. The van der Waals surface area contributed by atoms with Crippen molar-refractivity contribution >= 4 is 11.6 Å². The zero-order valence-corrected chi connectivity index (χ0v) is 10.5. The zero-order chi connectivity index (χ0) is 12.7. The number of fused-ring (bicyclic) bond motifs is 1. The quantitative estimate of drug-likeness (QED) is 0.802. The van der Waals surface area contributed by atoms with Crippen LogP contribution in [0.25, 0.3) is 0 Å². The maximum absolute atomic E-state index is 9.91. The summed E-state index contributed by atoms with van der Waals surface area (Å²) < 4.78 is 11.2. The van der Waals surface area contributed by atoms with E-state index in [1.165, 1.54) is 0 Å². The van der Waals surface area contributed by atoms with Crippen LogP contribution in [0.4, 0.5) is 0 Å². The fourth-order valence-corrected chi connectivity index (χ4v) is 2.81. The first kappa shape index (κ1) is 12.4. The van der Waals surface area contributed by atoms with Gasteiger partial charge >= 0.3 is 0 Å². The molecule has 2 aliphatic heterocycles. The number of hydrogen-bond acceptors (Lipinski definition) is 4. The average Bonchev–Trinajstić information content (AvgIpc) is 2.69. The third kappa shape index (κ3) is 2.04. The summed E-state index contributed by atoms with van der Waals surface area (Å²) in [5.41, 5.74) is 2.11. The van der Waals surface area contributed by atoms with Crippen molar-refractivity contribution in [2.45, 2.75) is 30.8 Å². The fraction of sp³-hybridized carbons (Fsp3) is 0.538. The van der Waals surface area contributed by atoms with Crippen LogP contribution in [-0.4, -0.2) is 41.7 Å². The molecule has 0 aromatic heterocycles. The van der Waals surface area contributed by atoms with Gasteiger partial charge in [0.1, 0.15) is 24.4 Å². The number of aliphatic hydroxyl groups excluding tert-OH is 2. The number of aliphatic hydroxyl groups is 2. The second kappa shape index (κ2) is 4.79. The lowest BCUT2D eigenvalue weighted by molar-refractivity contribution is -0.0902. The van der Waals surface area contributed by atoms with E-state index in [1.807, 2.05) is 12.1 Å². The van der Waals surface area contributed by atoms with Crippen LogP contribution in [0.2, 0.25) is 5.02 Å². The molecule has 2 aliphatic rings. The number of hydrogen-bond donors (Lipinski definition) is 2. The Morgan fingerprint density at radius 1 is 1.22 bits per heavy atom. The van der Waals surface area contributed by atoms with E-state index in [2.05, 4.69) is 0 Å². The molecule has 1 aromatic carbocycles. The van der Waals surface area contributed by atoms with Gasteiger partial charge in [0.2, 0.25) is 0 Å². The molecule has 2 heterocycles. The normalized spacial score (nSPS) is 35.5. The van der Waals surface area contributed by atoms with Gasteiger partial charge in [-0.3, -0.25) is 0 Å². The Labute approximate surface area is 110 Å². The topological polar surface area (TPSA) is 58.9 Å². The van der Waals surface area contributed by atoms with E-state index in [-0.39, 0.29) is 12.7 Å². The summed E-state index contributed by atoms with van der Waals surface area (Å²) in [7, 11) is 0. The van der Waals surface area contributed by atoms with Crippen molar-refractivity contribution in [1.82, 2.24) is 0 Å². The summed E-state index contributed by atoms with van der Waals surface area (Å²) >= 11 is 5.97. The van der Waals surface area contributed by atoms with Crippen LogP contribution in [0.1, 0.15) is 17.2 Å². The lowest BCUT2D eigenvalue weighted by Crippen LogP contribution is -2.37. The molecule has 4 unspecified atom stereocenters. The van der Waals surface area contributed by atoms with Crippen molar-refractivity contribution in [2.75, 3.05) is 13.2 Å². The number of ether oxygens (including phenoxy) is 2. The SMILES string of the molecule is OC1COC(C2OCCc3cc(Cl)ccc32)C1O. The van der Waals surface area contributed by atoms with Crippen LogP contribution in [0.3, 0.4) is 0 Å². The van der Waals surface area contributed by atoms with E-state index >= 15 is 0 Å². The van der Waals surface area contributed by atoms with Gasteiger partial charge in [0.15, 0.2) is 0 Å². The minimum Gasteiger partial charge on any atom is -0.388 e. The van der Waals surface area contributed by atoms with Crippen LogP contribution < -0.4 is 0 Å². The third-order valence-corrected chi connectivity index (χ3v) is 3.80. The molecule has 2 N–H and O–H groups in total. The van der Waals surface area contributed by atoms with Gasteiger partial charge in [-0.1, -0.05) is 17.7 Å². The van der Waals surface area contributed by atoms with Gasteiger partial charge in [0.05, 0.1) is 13.2 Å². The van der Waals surface area contributed by atoms with Crippen molar-refractivity contribution < 1.29 is 19.7 Å². The number of halogens is 1. The molecule has 0 amide bonds. The second-order valence-electron chi connectivity index (χ2n) is 4.74. The number of rotatable bonds is 1. The van der Waals surface area contributed by atoms with Gasteiger partial charge in [-0.25, -0.2) is 0 Å². The van der Waals surface area contributed by atoms with E-state index in [0.29, 0.717) is 11.6 Å². The summed E-state index contributed by atoms with van der Waals surface area (Å²) in [4.78, 5) is 0. The zero-order valence-electron chi connectivity index (χ0n) is 9.75. The summed E-state index contributed by atoms with van der Waals surface area (Å²) in [5, 5.41) is 20.1. The van der Waals surface area contributed by atoms with E-state index in [0.717, 1.165) is 17.5 Å². The first-order valence-electron chi connectivity index (χ1n) is 6.04. The van der Waals surface area contributed by atoms with Crippen LogP contribution in [-0.2, 0) is 15.9 Å². The second-order valence-corrected chi connectivity index (χ2v) is 5.18. The molecular weight excluding hydrogens is 256 g/mol. The van der Waals surface area contributed by atoms with E-state index in [1.54, 1.807) is 6.07 Å². The van der Waals surface area contributed by atoms with Crippen molar-refractivity contribution in [3.05, 3.63) is 34.3 Å². The molecule has 0 saturated carbocycles. The predicted molar refractivity (Wildman–Crippen MR) is 65.6 cm³/mol. The molecule has 98 valence electrons. The van der Waals surface area contributed by atoms with Gasteiger partial charge in [-0.2, -0.15) is 0 Å². The fourth-order valence-electron chi connectivity index (χ4n) is 2.62. The van der Waals surface area contributed by atoms with E-state index in [9.17, 15) is 10.2 Å². The monoisotopic (exact) mass is 270 g/mol. The Morgan fingerprint density at radius 3 is 2.78 bits per heavy atom. The highest BCUT2D eigenvalue weighted by atomic mass is 35.5. The standard InChI is InChI=1S/C13H15ClO4/c14-8-1-2-9-7(5-8)3-4-17-12(9)13-11(16)10(15)6-18-13/h1-2,5,10-13,15-16H,3-4,6H2. The van der Waals surface area contributed by atoms with Crippen LogP contribution in [0, 0.1) is 0 Å². The highest BCUT2D eigenvalue weighted by Crippen LogP contribution is 2.36. The summed E-state index contributed by atoms with van der Waals surface area (Å²) in [6, 6.07) is 5.63. The van der Waals surface area contributed by atoms with Crippen molar-refractivity contribution in [3.8, 4) is 0 Å². The molecule has 0 spiro atoms. The minimum atomic E-state index is -0.906. The van der Waals surface area contributed by atoms with Crippen molar-refractivity contribution in [1.29, 1.82) is 0 Å². The van der Waals surface area contributed by atoms with E-state index < -0.39 is 18.3 Å². The largest absolute Gasteiger partial charge is 0.388 e. The Bertz CT molecular complexity index is 451. The molecule has 1 fully saturated rings. The lowest BCUT2D eigenvalue weighted by atomic mass is 9.92. The molecule has 0 radical (unpaired) electrons. The van der Waals surface area contributed by atoms with Crippen LogP contribution in [0.5, 0.6) is 0 Å². The highest BCUT2D eigenvalue weighted by molar-refractivity contribution is 6.30. The lowest BCUT2D eigenvalue weighted by Gasteiger charge is -2.31. The number of benzene rings is 1. The Kier molecular flexibility index (Phi) is 3.30. The van der Waals surface area contributed by atoms with Gasteiger partial charge in [0, 0.05) is 5.02 Å². The maximum Gasteiger partial charge on any atom is 0.116 e. The molecule has 0 aliphatic carbocycles. The first-order valence-corrected chi connectivity index (χ1v) is 6.42. The summed E-state index contributed by atoms with van der Waals surface area (Å²) in [6.45, 7) is 0.718. The Morgan fingerprint density at radius 2 is 2.06 bits per heavy atom. The molecule has 4 atom stereocenters. The van der Waals surface area contributed by atoms with Gasteiger partial charge in [-0.15, -0.1) is 0 Å². The predicted octanol–water partition coefficient (Wildman–Crippen LogP) is 1.07. The molecule has 3 rings (SSSR count). The van der Waals surface area contributed by atoms with Crippen molar-refractivity contribution in [3.63, 3.8) is 0 Å². The molecule has 1 saturated heterocycles. The third-order valence-electron chi connectivity index (χ3n) is 3.57. The molecule has 5 heteroatoms. The summed E-state index contributed by atoms with van der Waals surface area (Å²) in [6.07, 6.45) is -1.79. The summed E-state index contributed by atoms with van der Waals surface area (Å²) in [5.74, 6) is 0. The maximum atomic E-state index is 9.91. The smallest absolute Gasteiger partial charge is 0.116 e. The molecule has 1 aromatic rings. The van der Waals surface area contributed by atoms with Crippen LogP contribution in [0.15, 0.2) is 18.2 Å². The van der Waals surface area contributed by atoms with Crippen molar-refractivity contribution in [2.24, 2.45) is 0 Å². The Hall–Kier alpha value is -0.650. The van der Waals surface area contributed by atoms with Gasteiger partial charge < -0.3 is 19.7 Å². The van der Waals surface area contributed by atoms with Crippen LogP contribution >= 0.6 is 11.6 Å². The molecular formula is C13H15ClO4. The average molecular weight is 271 g/mol. The highest BCUT2D eigenvalue weighted by Gasteiger charge is 2.42. The van der Waals surface area contributed by atoms with Gasteiger partial charge in [0.25, 0.3) is 0 Å².